The number of nitrogens with zero attached hydrogens (tertiary/aromatic N) is 2. The van der Waals surface area contributed by atoms with Crippen LogP contribution in [0, 0.1) is 6.07 Å². The number of rotatable bonds is 2. The predicted octanol–water partition coefficient (Wildman–Crippen LogP) is 0.251. The molecule has 1 aromatic rings. The highest BCUT2D eigenvalue weighted by molar-refractivity contribution is 7.85. The fourth-order valence-electron chi connectivity index (χ4n) is 0.720. The maximum absolute atomic E-state index is 10.9. The van der Waals surface area contributed by atoms with Crippen molar-refractivity contribution < 1.29 is 13.0 Å². The molecule has 1 radical (unpaired) electrons. The zero-order chi connectivity index (χ0) is 10.1. The first-order chi connectivity index (χ1) is 5.86. The lowest BCUT2D eigenvalue weighted by Crippen LogP contribution is -2.46. The molecule has 0 atom stereocenters. The molecule has 0 bridgehead atoms. The standard InChI is InChI=1S/C7H9N2O3S/c1-9(2,13(10,11)12)7-5-3-4-6-8-7/h3-4,6H,1-2H3/p+1. The van der Waals surface area contributed by atoms with Crippen LogP contribution in [-0.2, 0) is 10.3 Å². The van der Waals surface area contributed by atoms with Gasteiger partial charge in [-0.3, -0.25) is 0 Å². The summed E-state index contributed by atoms with van der Waals surface area (Å²) in [7, 11) is -1.58. The van der Waals surface area contributed by atoms with Gasteiger partial charge in [-0.05, 0) is 12.1 Å². The van der Waals surface area contributed by atoms with E-state index in [-0.39, 0.29) is 5.82 Å². The summed E-state index contributed by atoms with van der Waals surface area (Å²) >= 11 is 0. The molecule has 0 aliphatic carbocycles. The van der Waals surface area contributed by atoms with Crippen LogP contribution in [0.5, 0.6) is 0 Å². The van der Waals surface area contributed by atoms with Gasteiger partial charge in [0.05, 0.1) is 20.2 Å². The molecule has 1 rings (SSSR count). The molecule has 0 saturated heterocycles. The Balaban J connectivity index is 3.24. The smallest absolute Gasteiger partial charge is 0.241 e. The zero-order valence-electron chi connectivity index (χ0n) is 7.30. The summed E-state index contributed by atoms with van der Waals surface area (Å²) < 4.78 is 30.0. The summed E-state index contributed by atoms with van der Waals surface area (Å²) in [5.74, 6) is 0.144. The zero-order valence-corrected chi connectivity index (χ0v) is 8.11. The number of quaternary nitrogens is 1. The fourth-order valence-corrected chi connectivity index (χ4v) is 1.04. The van der Waals surface area contributed by atoms with E-state index in [1.807, 2.05) is 0 Å². The molecule has 13 heavy (non-hydrogen) atoms. The Morgan fingerprint density at radius 1 is 1.54 bits per heavy atom. The first-order valence-corrected chi connectivity index (χ1v) is 4.90. The van der Waals surface area contributed by atoms with Gasteiger partial charge in [0, 0.05) is 6.20 Å². The monoisotopic (exact) mass is 202 g/mol. The lowest BCUT2D eigenvalue weighted by atomic mass is 10.4. The van der Waals surface area contributed by atoms with Gasteiger partial charge in [0.2, 0.25) is 0 Å². The van der Waals surface area contributed by atoms with Crippen molar-refractivity contribution >= 4 is 16.1 Å². The molecule has 71 valence electrons. The molecule has 0 aliphatic rings. The molecule has 0 amide bonds. The van der Waals surface area contributed by atoms with Gasteiger partial charge < -0.3 is 0 Å². The third-order valence-corrected chi connectivity index (χ3v) is 3.00. The summed E-state index contributed by atoms with van der Waals surface area (Å²) in [6.45, 7) is 0. The van der Waals surface area contributed by atoms with Crippen LogP contribution in [0.25, 0.3) is 0 Å². The number of hydrogen-bond acceptors (Lipinski definition) is 3. The third-order valence-electron chi connectivity index (χ3n) is 1.68. The van der Waals surface area contributed by atoms with Gasteiger partial charge in [-0.1, -0.05) is 0 Å². The van der Waals surface area contributed by atoms with E-state index in [9.17, 15) is 8.42 Å². The average molecular weight is 202 g/mol. The summed E-state index contributed by atoms with van der Waals surface area (Å²) in [6, 6.07) is 5.79. The van der Waals surface area contributed by atoms with Gasteiger partial charge in [-0.25, -0.2) is 9.54 Å². The lowest BCUT2D eigenvalue weighted by Gasteiger charge is -2.21. The maximum atomic E-state index is 10.9. The molecular weight excluding hydrogens is 192 g/mol. The molecule has 0 spiro atoms. The summed E-state index contributed by atoms with van der Waals surface area (Å²) in [5.41, 5.74) is 0. The van der Waals surface area contributed by atoms with Gasteiger partial charge in [-0.15, -0.1) is 8.42 Å². The summed E-state index contributed by atoms with van der Waals surface area (Å²) in [5, 5.41) is 0. The first-order valence-electron chi connectivity index (χ1n) is 3.50. The van der Waals surface area contributed by atoms with Crippen LogP contribution in [0.2, 0.25) is 0 Å². The molecule has 0 aromatic carbocycles. The van der Waals surface area contributed by atoms with Gasteiger partial charge in [0.15, 0.2) is 0 Å². The van der Waals surface area contributed by atoms with Crippen molar-refractivity contribution in [2.75, 3.05) is 14.1 Å². The Morgan fingerprint density at radius 3 is 2.54 bits per heavy atom. The van der Waals surface area contributed by atoms with E-state index in [4.69, 9.17) is 4.55 Å². The topological polar surface area (TPSA) is 67.3 Å². The van der Waals surface area contributed by atoms with E-state index >= 15 is 0 Å². The van der Waals surface area contributed by atoms with Crippen molar-refractivity contribution in [1.29, 1.82) is 0 Å². The van der Waals surface area contributed by atoms with Crippen LogP contribution < -0.4 is 3.89 Å². The largest absolute Gasteiger partial charge is 0.438 e. The van der Waals surface area contributed by atoms with Gasteiger partial charge in [-0.2, -0.15) is 3.89 Å². The van der Waals surface area contributed by atoms with Crippen LogP contribution in [0.3, 0.4) is 0 Å². The Bertz CT molecular complexity index is 385. The molecule has 6 heteroatoms. The highest BCUT2D eigenvalue weighted by Gasteiger charge is 2.34. The number of aromatic nitrogens is 1. The van der Waals surface area contributed by atoms with Crippen LogP contribution in [0.15, 0.2) is 18.3 Å². The lowest BCUT2D eigenvalue weighted by molar-refractivity contribution is 0.409. The quantitative estimate of drug-likeness (QED) is 0.551. The minimum Gasteiger partial charge on any atom is -0.241 e. The highest BCUT2D eigenvalue weighted by Crippen LogP contribution is 2.17. The molecule has 0 unspecified atom stereocenters. The van der Waals surface area contributed by atoms with Gasteiger partial charge >= 0.3 is 10.3 Å². The van der Waals surface area contributed by atoms with Crippen molar-refractivity contribution in [1.82, 2.24) is 8.87 Å². The predicted molar refractivity (Wildman–Crippen MR) is 48.3 cm³/mol. The Hall–Kier alpha value is -0.980. The van der Waals surface area contributed by atoms with Gasteiger partial charge in [0.25, 0.3) is 5.82 Å². The molecule has 0 saturated carbocycles. The number of hydrogen-bond donors (Lipinski definition) is 1. The highest BCUT2D eigenvalue weighted by atomic mass is 32.2. The minimum atomic E-state index is -4.21. The van der Waals surface area contributed by atoms with E-state index in [1.54, 1.807) is 6.07 Å². The van der Waals surface area contributed by atoms with Crippen LogP contribution in [0.1, 0.15) is 0 Å². The molecule has 0 aliphatic heterocycles. The minimum absolute atomic E-state index is 0.144. The second-order valence-electron chi connectivity index (χ2n) is 2.90. The second kappa shape index (κ2) is 3.06. The van der Waals surface area contributed by atoms with Crippen molar-refractivity contribution in [3.8, 4) is 0 Å². The van der Waals surface area contributed by atoms with E-state index in [0.717, 1.165) is 0 Å². The fraction of sp³-hybridized carbons (Fsp3) is 0.286. The molecule has 1 heterocycles. The molecular formula is C7H10N2O3S+. The summed E-state index contributed by atoms with van der Waals surface area (Å²) in [4.78, 5) is 3.79. The van der Waals surface area contributed by atoms with Crippen molar-refractivity contribution in [2.45, 2.75) is 0 Å². The maximum Gasteiger partial charge on any atom is 0.438 e. The molecule has 1 aromatic heterocycles. The Kier molecular flexibility index (Phi) is 2.38. The van der Waals surface area contributed by atoms with E-state index in [2.05, 4.69) is 11.1 Å². The normalized spacial score (nSPS) is 12.8. The first kappa shape index (κ1) is 10.1. The Morgan fingerprint density at radius 2 is 2.15 bits per heavy atom. The van der Waals surface area contributed by atoms with Crippen LogP contribution >= 0.6 is 0 Å². The number of pyridine rings is 1. The molecule has 0 fully saturated rings. The van der Waals surface area contributed by atoms with E-state index in [1.165, 1.54) is 26.4 Å². The van der Waals surface area contributed by atoms with Crippen LogP contribution in [0.4, 0.5) is 5.82 Å². The summed E-state index contributed by atoms with van der Waals surface area (Å²) in [6.07, 6.45) is 1.44. The Labute approximate surface area is 77.1 Å². The van der Waals surface area contributed by atoms with Gasteiger partial charge in [0.1, 0.15) is 0 Å². The van der Waals surface area contributed by atoms with E-state index < -0.39 is 14.2 Å². The molecule has 5 nitrogen and oxygen atoms in total. The van der Waals surface area contributed by atoms with Crippen LogP contribution in [-0.4, -0.2) is 32.0 Å². The van der Waals surface area contributed by atoms with Crippen molar-refractivity contribution in [3.63, 3.8) is 0 Å². The van der Waals surface area contributed by atoms with Crippen molar-refractivity contribution in [3.05, 3.63) is 24.4 Å². The molecule has 1 N–H and O–H groups in total. The SMILES string of the molecule is C[N+](C)(c1[c]cccn1)S(=O)(=O)O. The average Bonchev–Trinajstić information content (AvgIpc) is 2.04. The van der Waals surface area contributed by atoms with E-state index in [0.29, 0.717) is 0 Å². The van der Waals surface area contributed by atoms with Crippen molar-refractivity contribution in [2.24, 2.45) is 0 Å². The third kappa shape index (κ3) is 1.85. The second-order valence-corrected chi connectivity index (χ2v) is 4.71.